The summed E-state index contributed by atoms with van der Waals surface area (Å²) in [7, 11) is 0. The second kappa shape index (κ2) is 5.23. The molecular formula is C16H28N4. The topological polar surface area (TPSA) is 55.0 Å². The van der Waals surface area contributed by atoms with Crippen LogP contribution in [0.4, 0.5) is 11.6 Å². The molecular weight excluding hydrogens is 248 g/mol. The fourth-order valence-electron chi connectivity index (χ4n) is 2.58. The first kappa shape index (κ1) is 15.1. The van der Waals surface area contributed by atoms with Gasteiger partial charge in [0.05, 0.1) is 0 Å². The Morgan fingerprint density at radius 2 is 1.85 bits per heavy atom. The van der Waals surface area contributed by atoms with Crippen LogP contribution in [0.15, 0.2) is 6.07 Å². The van der Waals surface area contributed by atoms with Crippen LogP contribution in [0.5, 0.6) is 0 Å². The lowest BCUT2D eigenvalue weighted by molar-refractivity contribution is 0.237. The summed E-state index contributed by atoms with van der Waals surface area (Å²) in [4.78, 5) is 11.5. The van der Waals surface area contributed by atoms with Gasteiger partial charge in [0.2, 0.25) is 0 Å². The number of piperidine rings is 1. The van der Waals surface area contributed by atoms with Crippen LogP contribution >= 0.6 is 0 Å². The third-order valence-corrected chi connectivity index (χ3v) is 4.55. The highest BCUT2D eigenvalue weighted by Crippen LogP contribution is 2.35. The van der Waals surface area contributed by atoms with Crippen molar-refractivity contribution >= 4 is 11.6 Å². The normalized spacial score (nSPS) is 19.1. The molecule has 1 aromatic heterocycles. The van der Waals surface area contributed by atoms with Gasteiger partial charge in [0.15, 0.2) is 0 Å². The summed E-state index contributed by atoms with van der Waals surface area (Å²) in [6.45, 7) is 13.2. The maximum Gasteiger partial charge on any atom is 0.138 e. The summed E-state index contributed by atoms with van der Waals surface area (Å²) >= 11 is 0. The molecule has 20 heavy (non-hydrogen) atoms. The SMILES string of the molecule is CCC1(C)CCN(c2cc(N)nc(C(C)(C)C)n2)CC1. The molecule has 0 unspecified atom stereocenters. The number of anilines is 2. The zero-order chi connectivity index (χ0) is 15.0. The molecule has 1 aromatic rings. The Hall–Kier alpha value is -1.32. The van der Waals surface area contributed by atoms with Gasteiger partial charge in [-0.25, -0.2) is 9.97 Å². The number of hydrogen-bond donors (Lipinski definition) is 1. The van der Waals surface area contributed by atoms with E-state index in [-0.39, 0.29) is 5.41 Å². The Morgan fingerprint density at radius 3 is 2.35 bits per heavy atom. The van der Waals surface area contributed by atoms with Gasteiger partial charge in [-0.2, -0.15) is 0 Å². The molecule has 2 heterocycles. The summed E-state index contributed by atoms with van der Waals surface area (Å²) in [6.07, 6.45) is 3.69. The third kappa shape index (κ3) is 3.22. The van der Waals surface area contributed by atoms with Crippen molar-refractivity contribution in [1.29, 1.82) is 0 Å². The van der Waals surface area contributed by atoms with E-state index < -0.39 is 0 Å². The highest BCUT2D eigenvalue weighted by atomic mass is 15.2. The first-order valence-corrected chi connectivity index (χ1v) is 7.63. The maximum absolute atomic E-state index is 5.96. The van der Waals surface area contributed by atoms with E-state index in [2.05, 4.69) is 44.5 Å². The van der Waals surface area contributed by atoms with Crippen molar-refractivity contribution in [3.05, 3.63) is 11.9 Å². The molecule has 1 aliphatic rings. The van der Waals surface area contributed by atoms with Gasteiger partial charge in [-0.1, -0.05) is 41.0 Å². The van der Waals surface area contributed by atoms with E-state index in [0.717, 1.165) is 24.7 Å². The zero-order valence-electron chi connectivity index (χ0n) is 13.5. The number of rotatable bonds is 2. The summed E-state index contributed by atoms with van der Waals surface area (Å²) in [5, 5.41) is 0. The van der Waals surface area contributed by atoms with Crippen molar-refractivity contribution in [2.45, 2.75) is 59.3 Å². The molecule has 4 heteroatoms. The van der Waals surface area contributed by atoms with Crippen LogP contribution in [0.2, 0.25) is 0 Å². The number of nitrogens with two attached hydrogens (primary N) is 1. The van der Waals surface area contributed by atoms with E-state index in [9.17, 15) is 0 Å². The molecule has 1 saturated heterocycles. The van der Waals surface area contributed by atoms with Crippen LogP contribution in [-0.4, -0.2) is 23.1 Å². The standard InChI is InChI=1S/C16H28N4/c1-6-16(5)7-9-20(10-8-16)13-11-12(17)18-14(19-13)15(2,3)4/h11H,6-10H2,1-5H3,(H2,17,18,19). The quantitative estimate of drug-likeness (QED) is 0.899. The van der Waals surface area contributed by atoms with Crippen LogP contribution in [0.1, 0.15) is 59.7 Å². The molecule has 0 spiro atoms. The molecule has 0 amide bonds. The number of nitrogen functional groups attached to an aromatic ring is 1. The largest absolute Gasteiger partial charge is 0.384 e. The fourth-order valence-corrected chi connectivity index (χ4v) is 2.58. The molecule has 2 rings (SSSR count). The van der Waals surface area contributed by atoms with Gasteiger partial charge in [0, 0.05) is 24.6 Å². The average molecular weight is 276 g/mol. The molecule has 1 fully saturated rings. The Kier molecular flexibility index (Phi) is 3.94. The Balaban J connectivity index is 2.20. The Morgan fingerprint density at radius 1 is 1.25 bits per heavy atom. The number of aromatic nitrogens is 2. The Bertz CT molecular complexity index is 468. The fraction of sp³-hybridized carbons (Fsp3) is 0.750. The average Bonchev–Trinajstić information content (AvgIpc) is 2.38. The van der Waals surface area contributed by atoms with Gasteiger partial charge in [-0.05, 0) is 18.3 Å². The monoisotopic (exact) mass is 276 g/mol. The highest BCUT2D eigenvalue weighted by Gasteiger charge is 2.29. The van der Waals surface area contributed by atoms with Crippen molar-refractivity contribution in [2.75, 3.05) is 23.7 Å². The smallest absolute Gasteiger partial charge is 0.138 e. The minimum Gasteiger partial charge on any atom is -0.384 e. The third-order valence-electron chi connectivity index (χ3n) is 4.55. The summed E-state index contributed by atoms with van der Waals surface area (Å²) in [6, 6.07) is 1.91. The van der Waals surface area contributed by atoms with E-state index in [1.165, 1.54) is 19.3 Å². The molecule has 4 nitrogen and oxygen atoms in total. The van der Waals surface area contributed by atoms with Crippen LogP contribution < -0.4 is 10.6 Å². The first-order chi connectivity index (χ1) is 9.23. The van der Waals surface area contributed by atoms with Crippen LogP contribution in [0, 0.1) is 5.41 Å². The first-order valence-electron chi connectivity index (χ1n) is 7.63. The van der Waals surface area contributed by atoms with Gasteiger partial charge in [-0.15, -0.1) is 0 Å². The van der Waals surface area contributed by atoms with Gasteiger partial charge >= 0.3 is 0 Å². The lowest BCUT2D eigenvalue weighted by Crippen LogP contribution is -2.39. The van der Waals surface area contributed by atoms with Crippen molar-refractivity contribution < 1.29 is 0 Å². The second-order valence-corrected chi connectivity index (χ2v) is 7.38. The molecule has 1 aliphatic heterocycles. The summed E-state index contributed by atoms with van der Waals surface area (Å²) < 4.78 is 0. The van der Waals surface area contributed by atoms with E-state index >= 15 is 0 Å². The van der Waals surface area contributed by atoms with Crippen LogP contribution in [-0.2, 0) is 5.41 Å². The van der Waals surface area contributed by atoms with Crippen molar-refractivity contribution in [1.82, 2.24) is 9.97 Å². The van der Waals surface area contributed by atoms with Crippen LogP contribution in [0.25, 0.3) is 0 Å². The van der Waals surface area contributed by atoms with Gasteiger partial charge in [-0.3, -0.25) is 0 Å². The van der Waals surface area contributed by atoms with Gasteiger partial charge in [0.25, 0.3) is 0 Å². The molecule has 0 aromatic carbocycles. The lowest BCUT2D eigenvalue weighted by atomic mass is 9.78. The lowest BCUT2D eigenvalue weighted by Gasteiger charge is -2.39. The zero-order valence-corrected chi connectivity index (χ0v) is 13.5. The predicted molar refractivity (Wildman–Crippen MR) is 85.0 cm³/mol. The minimum absolute atomic E-state index is 0.0716. The molecule has 0 radical (unpaired) electrons. The van der Waals surface area contributed by atoms with E-state index in [1.807, 2.05) is 6.07 Å². The van der Waals surface area contributed by atoms with Gasteiger partial charge < -0.3 is 10.6 Å². The van der Waals surface area contributed by atoms with E-state index in [1.54, 1.807) is 0 Å². The minimum atomic E-state index is -0.0716. The molecule has 112 valence electrons. The number of hydrogen-bond acceptors (Lipinski definition) is 4. The summed E-state index contributed by atoms with van der Waals surface area (Å²) in [5.74, 6) is 2.39. The predicted octanol–water partition coefficient (Wildman–Crippen LogP) is 3.37. The molecule has 0 atom stereocenters. The highest BCUT2D eigenvalue weighted by molar-refractivity contribution is 5.48. The van der Waals surface area contributed by atoms with Gasteiger partial charge in [0.1, 0.15) is 17.5 Å². The molecule has 0 saturated carbocycles. The van der Waals surface area contributed by atoms with E-state index in [0.29, 0.717) is 11.2 Å². The molecule has 0 bridgehead atoms. The van der Waals surface area contributed by atoms with Crippen LogP contribution in [0.3, 0.4) is 0 Å². The Labute approximate surface area is 122 Å². The van der Waals surface area contributed by atoms with Crippen molar-refractivity contribution in [3.63, 3.8) is 0 Å². The second-order valence-electron chi connectivity index (χ2n) is 7.38. The number of nitrogens with zero attached hydrogens (tertiary/aromatic N) is 3. The molecule has 0 aliphatic carbocycles. The van der Waals surface area contributed by atoms with Crippen molar-refractivity contribution in [2.24, 2.45) is 5.41 Å². The van der Waals surface area contributed by atoms with E-state index in [4.69, 9.17) is 10.7 Å². The molecule has 2 N–H and O–H groups in total. The summed E-state index contributed by atoms with van der Waals surface area (Å²) in [5.41, 5.74) is 6.38. The van der Waals surface area contributed by atoms with Crippen molar-refractivity contribution in [3.8, 4) is 0 Å². The maximum atomic E-state index is 5.96.